The lowest BCUT2D eigenvalue weighted by atomic mass is 9.91. The zero-order valence-electron chi connectivity index (χ0n) is 11.5. The second-order valence-corrected chi connectivity index (χ2v) is 5.62. The van der Waals surface area contributed by atoms with Gasteiger partial charge in [-0.3, -0.25) is 4.98 Å². The van der Waals surface area contributed by atoms with E-state index in [0.717, 1.165) is 30.5 Å². The van der Waals surface area contributed by atoms with Gasteiger partial charge in [-0.2, -0.15) is 0 Å². The van der Waals surface area contributed by atoms with Gasteiger partial charge in [-0.25, -0.2) is 0 Å². The molecule has 0 aliphatic heterocycles. The van der Waals surface area contributed by atoms with Crippen molar-refractivity contribution in [3.8, 4) is 0 Å². The fourth-order valence-electron chi connectivity index (χ4n) is 3.13. The second-order valence-electron chi connectivity index (χ2n) is 5.62. The summed E-state index contributed by atoms with van der Waals surface area (Å²) in [5.41, 5.74) is 8.08. The largest absolute Gasteiger partial charge is 0.398 e. The number of nitrogens with two attached hydrogens (primary N) is 1. The van der Waals surface area contributed by atoms with Crippen LogP contribution >= 0.6 is 0 Å². The highest BCUT2D eigenvalue weighted by Crippen LogP contribution is 2.34. The molecule has 0 aromatic carbocycles. The van der Waals surface area contributed by atoms with Crippen LogP contribution in [0.2, 0.25) is 0 Å². The summed E-state index contributed by atoms with van der Waals surface area (Å²) in [7, 11) is 0. The van der Waals surface area contributed by atoms with Crippen molar-refractivity contribution in [1.29, 1.82) is 0 Å². The number of likely N-dealkylation sites (N-methyl/N-ethyl adjacent to an activating group) is 1. The molecule has 0 spiro atoms. The molecule has 3 atom stereocenters. The third-order valence-electron chi connectivity index (χ3n) is 4.15. The summed E-state index contributed by atoms with van der Waals surface area (Å²) < 4.78 is 0. The minimum Gasteiger partial charge on any atom is -0.398 e. The topological polar surface area (TPSA) is 50.9 Å². The molecule has 1 saturated carbocycles. The smallest absolute Gasteiger partial charge is 0.0378 e. The van der Waals surface area contributed by atoms with E-state index in [1.54, 1.807) is 6.20 Å². The second kappa shape index (κ2) is 6.19. The summed E-state index contributed by atoms with van der Waals surface area (Å²) in [4.78, 5) is 4.19. The monoisotopic (exact) mass is 247 g/mol. The maximum atomic E-state index is 6.02. The first-order valence-electron chi connectivity index (χ1n) is 7.12. The van der Waals surface area contributed by atoms with Crippen LogP contribution in [-0.4, -0.2) is 17.6 Å². The molecular formula is C15H25N3. The highest BCUT2D eigenvalue weighted by atomic mass is 14.9. The number of nitrogens with zero attached hydrogens (tertiary/aromatic N) is 1. The maximum absolute atomic E-state index is 6.02. The van der Waals surface area contributed by atoms with E-state index in [1.165, 1.54) is 24.8 Å². The number of aromatic nitrogens is 1. The molecule has 3 heteroatoms. The molecule has 1 aromatic heterocycles. The molecule has 1 aliphatic carbocycles. The lowest BCUT2D eigenvalue weighted by molar-refractivity contribution is 0.354. The van der Waals surface area contributed by atoms with Crippen molar-refractivity contribution in [2.45, 2.75) is 45.6 Å². The van der Waals surface area contributed by atoms with E-state index in [2.05, 4.69) is 24.1 Å². The molecule has 3 unspecified atom stereocenters. The van der Waals surface area contributed by atoms with E-state index in [4.69, 9.17) is 5.73 Å². The van der Waals surface area contributed by atoms with Crippen LogP contribution in [0.5, 0.6) is 0 Å². The van der Waals surface area contributed by atoms with E-state index in [0.29, 0.717) is 6.04 Å². The Labute approximate surface area is 110 Å². The molecular weight excluding hydrogens is 222 g/mol. The van der Waals surface area contributed by atoms with Gasteiger partial charge >= 0.3 is 0 Å². The van der Waals surface area contributed by atoms with Gasteiger partial charge in [0.2, 0.25) is 0 Å². The minimum absolute atomic E-state index is 0.548. The molecule has 0 saturated heterocycles. The summed E-state index contributed by atoms with van der Waals surface area (Å²) in [5, 5.41) is 3.64. The van der Waals surface area contributed by atoms with Crippen LogP contribution in [0.25, 0.3) is 0 Å². The quantitative estimate of drug-likeness (QED) is 0.841. The first-order valence-corrected chi connectivity index (χ1v) is 7.12. The third-order valence-corrected chi connectivity index (χ3v) is 4.15. The molecule has 3 N–H and O–H groups in total. The zero-order chi connectivity index (χ0) is 13.0. The Morgan fingerprint density at radius 1 is 1.50 bits per heavy atom. The molecule has 18 heavy (non-hydrogen) atoms. The van der Waals surface area contributed by atoms with E-state index in [1.807, 2.05) is 12.3 Å². The third kappa shape index (κ3) is 3.22. The minimum atomic E-state index is 0.548. The van der Waals surface area contributed by atoms with Crippen LogP contribution in [0.3, 0.4) is 0 Å². The van der Waals surface area contributed by atoms with Gasteiger partial charge in [-0.15, -0.1) is 0 Å². The van der Waals surface area contributed by atoms with Crippen LogP contribution in [0.1, 0.15) is 38.7 Å². The van der Waals surface area contributed by atoms with Crippen molar-refractivity contribution in [2.75, 3.05) is 12.3 Å². The number of nitrogen functional groups attached to an aromatic ring is 1. The first kappa shape index (κ1) is 13.3. The molecule has 0 bridgehead atoms. The number of hydrogen-bond acceptors (Lipinski definition) is 3. The highest BCUT2D eigenvalue weighted by Gasteiger charge is 2.28. The lowest BCUT2D eigenvalue weighted by Gasteiger charge is -2.25. The summed E-state index contributed by atoms with van der Waals surface area (Å²) in [6.07, 6.45) is 8.74. The normalized spacial score (nSPS) is 25.2. The predicted octanol–water partition coefficient (Wildman–Crippen LogP) is 2.62. The van der Waals surface area contributed by atoms with Gasteiger partial charge in [0, 0.05) is 24.1 Å². The van der Waals surface area contributed by atoms with Gasteiger partial charge in [0.05, 0.1) is 0 Å². The zero-order valence-corrected chi connectivity index (χ0v) is 11.5. The number of pyridine rings is 1. The van der Waals surface area contributed by atoms with Crippen LogP contribution < -0.4 is 11.1 Å². The van der Waals surface area contributed by atoms with Gasteiger partial charge in [0.25, 0.3) is 0 Å². The van der Waals surface area contributed by atoms with Crippen molar-refractivity contribution in [3.05, 3.63) is 24.0 Å². The van der Waals surface area contributed by atoms with Gasteiger partial charge in [-0.05, 0) is 49.3 Å². The molecule has 0 amide bonds. The molecule has 1 aromatic rings. The van der Waals surface area contributed by atoms with Gasteiger partial charge in [0.15, 0.2) is 0 Å². The Kier molecular flexibility index (Phi) is 4.59. The van der Waals surface area contributed by atoms with Crippen molar-refractivity contribution in [1.82, 2.24) is 10.3 Å². The average molecular weight is 247 g/mol. The van der Waals surface area contributed by atoms with Crippen molar-refractivity contribution in [2.24, 2.45) is 11.8 Å². The lowest BCUT2D eigenvalue weighted by Crippen LogP contribution is -2.37. The first-order chi connectivity index (χ1) is 8.70. The van der Waals surface area contributed by atoms with Crippen LogP contribution in [0, 0.1) is 11.8 Å². The maximum Gasteiger partial charge on any atom is 0.0378 e. The molecule has 0 radical (unpaired) electrons. The van der Waals surface area contributed by atoms with Crippen LogP contribution in [-0.2, 0) is 6.42 Å². The van der Waals surface area contributed by atoms with Crippen LogP contribution in [0.4, 0.5) is 5.69 Å². The SMILES string of the molecule is CCNC(Cc1cnccc1N)C1CCC(C)C1. The van der Waals surface area contributed by atoms with E-state index < -0.39 is 0 Å². The van der Waals surface area contributed by atoms with E-state index in [-0.39, 0.29) is 0 Å². The molecule has 100 valence electrons. The molecule has 1 heterocycles. The number of hydrogen-bond donors (Lipinski definition) is 2. The Morgan fingerprint density at radius 2 is 2.33 bits per heavy atom. The molecule has 1 fully saturated rings. The fourth-order valence-corrected chi connectivity index (χ4v) is 3.13. The summed E-state index contributed by atoms with van der Waals surface area (Å²) in [6.45, 7) is 5.56. The Morgan fingerprint density at radius 3 is 2.94 bits per heavy atom. The highest BCUT2D eigenvalue weighted by molar-refractivity contribution is 5.44. The Hall–Kier alpha value is -1.09. The predicted molar refractivity (Wildman–Crippen MR) is 76.3 cm³/mol. The fraction of sp³-hybridized carbons (Fsp3) is 0.667. The van der Waals surface area contributed by atoms with Gasteiger partial charge in [-0.1, -0.05) is 20.3 Å². The average Bonchev–Trinajstić information content (AvgIpc) is 2.78. The van der Waals surface area contributed by atoms with Crippen molar-refractivity contribution in [3.63, 3.8) is 0 Å². The summed E-state index contributed by atoms with van der Waals surface area (Å²) >= 11 is 0. The van der Waals surface area contributed by atoms with Crippen LogP contribution in [0.15, 0.2) is 18.5 Å². The Bertz CT molecular complexity index is 378. The number of anilines is 1. The Balaban J connectivity index is 2.04. The molecule has 1 aliphatic rings. The number of nitrogens with one attached hydrogen (secondary N) is 1. The van der Waals surface area contributed by atoms with Crippen molar-refractivity contribution < 1.29 is 0 Å². The molecule has 3 nitrogen and oxygen atoms in total. The van der Waals surface area contributed by atoms with Gasteiger partial charge in [0.1, 0.15) is 0 Å². The van der Waals surface area contributed by atoms with E-state index in [9.17, 15) is 0 Å². The van der Waals surface area contributed by atoms with Gasteiger partial charge < -0.3 is 11.1 Å². The van der Waals surface area contributed by atoms with E-state index >= 15 is 0 Å². The molecule has 2 rings (SSSR count). The van der Waals surface area contributed by atoms with Crippen molar-refractivity contribution >= 4 is 5.69 Å². The summed E-state index contributed by atoms with van der Waals surface area (Å²) in [6, 6.07) is 2.45. The standard InChI is InChI=1S/C15H25N3/c1-3-18-15(12-5-4-11(2)8-12)9-13-10-17-7-6-14(13)16/h6-7,10-12,15,18H,3-5,8-9H2,1-2H3,(H2,16,17). The summed E-state index contributed by atoms with van der Waals surface area (Å²) in [5.74, 6) is 1.67. The number of rotatable bonds is 5.